The Balaban J connectivity index is 0.00000225. The van der Waals surface area contributed by atoms with Crippen molar-refractivity contribution in [3.63, 3.8) is 0 Å². The number of rotatable bonds is 3. The molecule has 1 aromatic carbocycles. The summed E-state index contributed by atoms with van der Waals surface area (Å²) in [5.74, 6) is -0.991. The Labute approximate surface area is 95.8 Å². The van der Waals surface area contributed by atoms with E-state index < -0.39 is 18.7 Å². The summed E-state index contributed by atoms with van der Waals surface area (Å²) >= 11 is 0. The Morgan fingerprint density at radius 1 is 1.31 bits per heavy atom. The maximum Gasteiger partial charge on any atom is 0.422 e. The number of carbonyl (C=O) groups excluding carboxylic acids is 1. The van der Waals surface area contributed by atoms with E-state index in [1.807, 2.05) is 0 Å². The van der Waals surface area contributed by atoms with Gasteiger partial charge in [0.05, 0.1) is 5.56 Å². The lowest BCUT2D eigenvalue weighted by atomic mass is 10.2. The minimum Gasteiger partial charge on any atom is -0.483 e. The molecule has 0 saturated carbocycles. The van der Waals surface area contributed by atoms with Gasteiger partial charge in [0.25, 0.3) is 5.91 Å². The molecule has 90 valence electrons. The Bertz CT molecular complexity index is 368. The molecular weight excluding hydrogens is 247 g/mol. The van der Waals surface area contributed by atoms with Gasteiger partial charge in [-0.1, -0.05) is 12.1 Å². The molecule has 0 saturated heterocycles. The number of primary amides is 1. The minimum atomic E-state index is -4.44. The van der Waals surface area contributed by atoms with Gasteiger partial charge in [-0.05, 0) is 12.1 Å². The van der Waals surface area contributed by atoms with Crippen LogP contribution in [0.2, 0.25) is 0 Å². The average Bonchev–Trinajstić information content (AvgIpc) is 2.14. The van der Waals surface area contributed by atoms with Gasteiger partial charge in [-0.25, -0.2) is 0 Å². The molecule has 0 aliphatic rings. The fourth-order valence-corrected chi connectivity index (χ4v) is 0.956. The van der Waals surface area contributed by atoms with E-state index in [4.69, 9.17) is 5.73 Å². The summed E-state index contributed by atoms with van der Waals surface area (Å²) in [4.78, 5) is 10.8. The fraction of sp³-hybridized carbons (Fsp3) is 0.222. The SMILES string of the molecule is Cl.NC(=O)c1ccccc1OCC(F)(F)F. The van der Waals surface area contributed by atoms with Crippen molar-refractivity contribution in [2.24, 2.45) is 5.73 Å². The zero-order valence-corrected chi connectivity index (χ0v) is 8.77. The zero-order valence-electron chi connectivity index (χ0n) is 7.95. The summed E-state index contributed by atoms with van der Waals surface area (Å²) in [5.41, 5.74) is 4.89. The third-order valence-electron chi connectivity index (χ3n) is 1.54. The van der Waals surface area contributed by atoms with Crippen molar-refractivity contribution in [1.82, 2.24) is 0 Å². The lowest BCUT2D eigenvalue weighted by Crippen LogP contribution is -2.21. The van der Waals surface area contributed by atoms with Gasteiger partial charge in [0.1, 0.15) is 5.75 Å². The number of ether oxygens (including phenoxy) is 1. The van der Waals surface area contributed by atoms with Gasteiger partial charge in [0.15, 0.2) is 6.61 Å². The van der Waals surface area contributed by atoms with Crippen LogP contribution in [0.1, 0.15) is 10.4 Å². The zero-order chi connectivity index (χ0) is 11.5. The Kier molecular flexibility index (Phi) is 5.10. The van der Waals surface area contributed by atoms with E-state index in [9.17, 15) is 18.0 Å². The van der Waals surface area contributed by atoms with Crippen molar-refractivity contribution in [1.29, 1.82) is 0 Å². The maximum atomic E-state index is 11.8. The van der Waals surface area contributed by atoms with E-state index in [0.29, 0.717) is 0 Å². The Morgan fingerprint density at radius 2 is 1.88 bits per heavy atom. The molecule has 1 aromatic rings. The molecule has 0 aliphatic heterocycles. The first-order chi connectivity index (χ1) is 6.90. The Hall–Kier alpha value is -1.43. The number of nitrogens with two attached hydrogens (primary N) is 1. The number of hydrogen-bond acceptors (Lipinski definition) is 2. The second-order valence-corrected chi connectivity index (χ2v) is 2.76. The van der Waals surface area contributed by atoms with Crippen molar-refractivity contribution in [2.75, 3.05) is 6.61 Å². The predicted molar refractivity (Wildman–Crippen MR) is 53.8 cm³/mol. The quantitative estimate of drug-likeness (QED) is 0.900. The molecular formula is C9H9ClF3NO2. The van der Waals surface area contributed by atoms with Gasteiger partial charge in [0, 0.05) is 0 Å². The molecule has 0 atom stereocenters. The van der Waals surface area contributed by atoms with Crippen LogP contribution in [0.3, 0.4) is 0 Å². The van der Waals surface area contributed by atoms with Gasteiger partial charge in [0.2, 0.25) is 0 Å². The molecule has 0 aromatic heterocycles. The van der Waals surface area contributed by atoms with Crippen molar-refractivity contribution >= 4 is 18.3 Å². The summed E-state index contributed by atoms with van der Waals surface area (Å²) in [6.45, 7) is -1.45. The van der Waals surface area contributed by atoms with Crippen LogP contribution in [0.15, 0.2) is 24.3 Å². The standard InChI is InChI=1S/C9H8F3NO2.ClH/c10-9(11,12)5-15-7-4-2-1-3-6(7)8(13)14;/h1-4H,5H2,(H2,13,14);1H. The van der Waals surface area contributed by atoms with Crippen LogP contribution in [0.25, 0.3) is 0 Å². The number of benzene rings is 1. The molecule has 0 radical (unpaired) electrons. The predicted octanol–water partition coefficient (Wildman–Crippen LogP) is 2.15. The van der Waals surface area contributed by atoms with E-state index in [1.54, 1.807) is 0 Å². The van der Waals surface area contributed by atoms with Crippen LogP contribution < -0.4 is 10.5 Å². The third kappa shape index (κ3) is 4.39. The summed E-state index contributed by atoms with van der Waals surface area (Å²) in [6.07, 6.45) is -4.44. The number of para-hydroxylation sites is 1. The molecule has 0 bridgehead atoms. The van der Waals surface area contributed by atoms with E-state index in [-0.39, 0.29) is 23.7 Å². The summed E-state index contributed by atoms with van der Waals surface area (Å²) < 4.78 is 39.9. The first-order valence-corrected chi connectivity index (χ1v) is 3.98. The van der Waals surface area contributed by atoms with Crippen LogP contribution in [-0.2, 0) is 0 Å². The highest BCUT2D eigenvalue weighted by molar-refractivity contribution is 5.95. The molecule has 16 heavy (non-hydrogen) atoms. The summed E-state index contributed by atoms with van der Waals surface area (Å²) in [7, 11) is 0. The van der Waals surface area contributed by atoms with Gasteiger partial charge in [-0.2, -0.15) is 13.2 Å². The molecule has 1 amide bonds. The Morgan fingerprint density at radius 3 is 2.38 bits per heavy atom. The van der Waals surface area contributed by atoms with Crippen LogP contribution in [0, 0.1) is 0 Å². The molecule has 0 heterocycles. The lowest BCUT2D eigenvalue weighted by molar-refractivity contribution is -0.153. The molecule has 7 heteroatoms. The summed E-state index contributed by atoms with van der Waals surface area (Å²) in [6, 6.07) is 5.50. The number of hydrogen-bond donors (Lipinski definition) is 1. The van der Waals surface area contributed by atoms with Gasteiger partial charge in [-0.3, -0.25) is 4.79 Å². The smallest absolute Gasteiger partial charge is 0.422 e. The average molecular weight is 256 g/mol. The van der Waals surface area contributed by atoms with E-state index in [1.165, 1.54) is 24.3 Å². The van der Waals surface area contributed by atoms with Crippen molar-refractivity contribution < 1.29 is 22.7 Å². The lowest BCUT2D eigenvalue weighted by Gasteiger charge is -2.11. The second-order valence-electron chi connectivity index (χ2n) is 2.76. The summed E-state index contributed by atoms with van der Waals surface area (Å²) in [5, 5.41) is 0. The minimum absolute atomic E-state index is 0. The third-order valence-corrected chi connectivity index (χ3v) is 1.54. The molecule has 0 unspecified atom stereocenters. The van der Waals surface area contributed by atoms with Crippen LogP contribution in [-0.4, -0.2) is 18.7 Å². The second kappa shape index (κ2) is 5.60. The van der Waals surface area contributed by atoms with Gasteiger partial charge in [-0.15, -0.1) is 12.4 Å². The number of carbonyl (C=O) groups is 1. The van der Waals surface area contributed by atoms with E-state index in [0.717, 1.165) is 0 Å². The van der Waals surface area contributed by atoms with Crippen molar-refractivity contribution in [3.8, 4) is 5.75 Å². The number of halogens is 4. The highest BCUT2D eigenvalue weighted by Crippen LogP contribution is 2.21. The van der Waals surface area contributed by atoms with E-state index >= 15 is 0 Å². The molecule has 1 rings (SSSR count). The molecule has 3 nitrogen and oxygen atoms in total. The van der Waals surface area contributed by atoms with Crippen molar-refractivity contribution in [2.45, 2.75) is 6.18 Å². The monoisotopic (exact) mass is 255 g/mol. The molecule has 2 N–H and O–H groups in total. The molecule has 0 spiro atoms. The van der Waals surface area contributed by atoms with Gasteiger partial charge < -0.3 is 10.5 Å². The van der Waals surface area contributed by atoms with Crippen molar-refractivity contribution in [3.05, 3.63) is 29.8 Å². The number of amides is 1. The highest BCUT2D eigenvalue weighted by atomic mass is 35.5. The number of alkyl halides is 3. The largest absolute Gasteiger partial charge is 0.483 e. The first kappa shape index (κ1) is 14.6. The van der Waals surface area contributed by atoms with Crippen LogP contribution in [0.4, 0.5) is 13.2 Å². The van der Waals surface area contributed by atoms with Crippen LogP contribution in [0.5, 0.6) is 5.75 Å². The molecule has 0 fully saturated rings. The molecule has 0 aliphatic carbocycles. The topological polar surface area (TPSA) is 52.3 Å². The first-order valence-electron chi connectivity index (χ1n) is 3.98. The normalized spacial score (nSPS) is 10.4. The maximum absolute atomic E-state index is 11.8. The fourth-order valence-electron chi connectivity index (χ4n) is 0.956. The van der Waals surface area contributed by atoms with Gasteiger partial charge >= 0.3 is 6.18 Å². The highest BCUT2D eigenvalue weighted by Gasteiger charge is 2.29. The van der Waals surface area contributed by atoms with Crippen LogP contribution >= 0.6 is 12.4 Å². The van der Waals surface area contributed by atoms with E-state index in [2.05, 4.69) is 4.74 Å².